The van der Waals surface area contributed by atoms with E-state index in [2.05, 4.69) is 19.3 Å². The van der Waals surface area contributed by atoms with Gasteiger partial charge in [0.05, 0.1) is 6.61 Å². The third-order valence-electron chi connectivity index (χ3n) is 1.38. The average Bonchev–Trinajstić information content (AvgIpc) is 2.10. The van der Waals surface area contributed by atoms with Crippen molar-refractivity contribution >= 4 is 17.7 Å². The van der Waals surface area contributed by atoms with Crippen LogP contribution in [0.4, 0.5) is 0 Å². The maximum Gasteiger partial charge on any atom is 0.249 e. The minimum atomic E-state index is -0.197. The van der Waals surface area contributed by atoms with Gasteiger partial charge in [0.15, 0.2) is 0 Å². The van der Waals surface area contributed by atoms with Gasteiger partial charge in [-0.25, -0.2) is 5.84 Å². The molecule has 1 amide bonds. The molecule has 5 heteroatoms. The maximum absolute atomic E-state index is 11.2. The molecule has 0 aliphatic heterocycles. The Hall–Kier alpha value is -0.260. The molecule has 0 saturated carbocycles. The van der Waals surface area contributed by atoms with Gasteiger partial charge in [-0.1, -0.05) is 13.8 Å². The first-order chi connectivity index (χ1) is 6.11. The second-order valence-corrected chi connectivity index (χ2v) is 4.42. The molecule has 0 spiro atoms. The summed E-state index contributed by atoms with van der Waals surface area (Å²) in [4.78, 5) is 11.2. The zero-order valence-corrected chi connectivity index (χ0v) is 9.19. The first-order valence-corrected chi connectivity index (χ1v) is 5.27. The van der Waals surface area contributed by atoms with Crippen LogP contribution in [0.2, 0.25) is 0 Å². The van der Waals surface area contributed by atoms with Crippen molar-refractivity contribution in [2.45, 2.75) is 19.1 Å². The molecule has 4 nitrogen and oxygen atoms in total. The highest BCUT2D eigenvalue weighted by Crippen LogP contribution is 2.15. The molecule has 1 atom stereocenters. The quantitative estimate of drug-likeness (QED) is 0.375. The van der Waals surface area contributed by atoms with E-state index in [0.29, 0.717) is 12.5 Å². The Morgan fingerprint density at radius 2 is 2.23 bits per heavy atom. The lowest BCUT2D eigenvalue weighted by molar-refractivity contribution is -0.121. The predicted octanol–water partition coefficient (Wildman–Crippen LogP) is 0.381. The van der Waals surface area contributed by atoms with Crippen molar-refractivity contribution in [1.29, 1.82) is 0 Å². The largest absolute Gasteiger partial charge is 0.383 e. The Kier molecular flexibility index (Phi) is 7.03. The molecular formula is C8H18N2O2S. The van der Waals surface area contributed by atoms with E-state index >= 15 is 0 Å². The number of hydrogen-bond acceptors (Lipinski definition) is 4. The standard InChI is InChI=1S/C8H18N2O2S/c1-6(2)5-13-7(4-12-3)8(11)10-9/h6-7H,4-5,9H2,1-3H3,(H,10,11). The second kappa shape index (κ2) is 7.17. The van der Waals surface area contributed by atoms with Gasteiger partial charge in [-0.2, -0.15) is 0 Å². The van der Waals surface area contributed by atoms with Crippen molar-refractivity contribution in [3.8, 4) is 0 Å². The van der Waals surface area contributed by atoms with E-state index in [-0.39, 0.29) is 11.2 Å². The molecule has 3 N–H and O–H groups in total. The Morgan fingerprint density at radius 3 is 2.62 bits per heavy atom. The number of hydrazine groups is 1. The van der Waals surface area contributed by atoms with Crippen molar-refractivity contribution in [3.63, 3.8) is 0 Å². The maximum atomic E-state index is 11.2. The minimum Gasteiger partial charge on any atom is -0.383 e. The van der Waals surface area contributed by atoms with Gasteiger partial charge in [-0.3, -0.25) is 10.2 Å². The predicted molar refractivity (Wildman–Crippen MR) is 55.3 cm³/mol. The summed E-state index contributed by atoms with van der Waals surface area (Å²) >= 11 is 1.57. The molecule has 78 valence electrons. The van der Waals surface area contributed by atoms with Crippen LogP contribution in [0.25, 0.3) is 0 Å². The number of nitrogens with two attached hydrogens (primary N) is 1. The Balaban J connectivity index is 3.86. The molecule has 0 aromatic rings. The lowest BCUT2D eigenvalue weighted by atomic mass is 10.3. The van der Waals surface area contributed by atoms with Gasteiger partial charge in [0.25, 0.3) is 0 Å². The monoisotopic (exact) mass is 206 g/mol. The molecule has 0 aliphatic carbocycles. The van der Waals surface area contributed by atoms with Crippen LogP contribution < -0.4 is 11.3 Å². The molecule has 1 unspecified atom stereocenters. The number of hydrogen-bond donors (Lipinski definition) is 2. The molecular weight excluding hydrogens is 188 g/mol. The number of nitrogens with one attached hydrogen (secondary N) is 1. The SMILES string of the molecule is COCC(SCC(C)C)C(=O)NN. The molecule has 0 aromatic heterocycles. The normalized spacial score (nSPS) is 13.0. The summed E-state index contributed by atoms with van der Waals surface area (Å²) in [6.07, 6.45) is 0. The van der Waals surface area contributed by atoms with Crippen LogP contribution in [0.15, 0.2) is 0 Å². The van der Waals surface area contributed by atoms with Gasteiger partial charge >= 0.3 is 0 Å². The number of rotatable bonds is 6. The van der Waals surface area contributed by atoms with Crippen LogP contribution in [-0.4, -0.2) is 30.6 Å². The number of thioether (sulfide) groups is 1. The van der Waals surface area contributed by atoms with Crippen molar-refractivity contribution < 1.29 is 9.53 Å². The molecule has 0 aromatic carbocycles. The fourth-order valence-corrected chi connectivity index (χ4v) is 1.82. The van der Waals surface area contributed by atoms with Crippen molar-refractivity contribution in [1.82, 2.24) is 5.43 Å². The Labute approximate surface area is 83.6 Å². The first-order valence-electron chi connectivity index (χ1n) is 4.22. The van der Waals surface area contributed by atoms with Crippen molar-refractivity contribution in [3.05, 3.63) is 0 Å². The van der Waals surface area contributed by atoms with Crippen LogP contribution in [-0.2, 0) is 9.53 Å². The van der Waals surface area contributed by atoms with Crippen LogP contribution in [0.5, 0.6) is 0 Å². The van der Waals surface area contributed by atoms with Crippen LogP contribution in [0.3, 0.4) is 0 Å². The number of carbonyl (C=O) groups excluding carboxylic acids is 1. The number of amides is 1. The van der Waals surface area contributed by atoms with E-state index in [4.69, 9.17) is 10.6 Å². The average molecular weight is 206 g/mol. The third kappa shape index (κ3) is 5.90. The molecule has 0 rings (SSSR count). The van der Waals surface area contributed by atoms with Crippen LogP contribution in [0, 0.1) is 5.92 Å². The summed E-state index contributed by atoms with van der Waals surface area (Å²) in [6.45, 7) is 4.62. The molecule has 0 saturated heterocycles. The van der Waals surface area contributed by atoms with Gasteiger partial charge < -0.3 is 4.74 Å². The number of ether oxygens (including phenoxy) is 1. The molecule has 0 heterocycles. The molecule has 13 heavy (non-hydrogen) atoms. The second-order valence-electron chi connectivity index (χ2n) is 3.18. The lowest BCUT2D eigenvalue weighted by Gasteiger charge is -2.14. The molecule has 0 radical (unpaired) electrons. The highest BCUT2D eigenvalue weighted by Gasteiger charge is 2.17. The molecule has 0 fully saturated rings. The number of carbonyl (C=O) groups is 1. The molecule has 0 bridgehead atoms. The van der Waals surface area contributed by atoms with Gasteiger partial charge in [0.2, 0.25) is 5.91 Å². The van der Waals surface area contributed by atoms with Gasteiger partial charge in [-0.05, 0) is 11.7 Å². The van der Waals surface area contributed by atoms with E-state index in [9.17, 15) is 4.79 Å². The molecule has 0 aliphatic rings. The summed E-state index contributed by atoms with van der Waals surface area (Å²) in [5.41, 5.74) is 2.13. The van der Waals surface area contributed by atoms with Crippen LogP contribution >= 0.6 is 11.8 Å². The topological polar surface area (TPSA) is 64.3 Å². The Bertz CT molecular complexity index is 153. The minimum absolute atomic E-state index is 0.174. The number of methoxy groups -OCH3 is 1. The van der Waals surface area contributed by atoms with E-state index in [1.54, 1.807) is 18.9 Å². The van der Waals surface area contributed by atoms with Crippen molar-refractivity contribution in [2.75, 3.05) is 19.5 Å². The highest BCUT2D eigenvalue weighted by atomic mass is 32.2. The van der Waals surface area contributed by atoms with E-state index in [1.807, 2.05) is 0 Å². The van der Waals surface area contributed by atoms with Crippen molar-refractivity contribution in [2.24, 2.45) is 11.8 Å². The summed E-state index contributed by atoms with van der Waals surface area (Å²) in [5.74, 6) is 6.36. The first kappa shape index (κ1) is 12.7. The summed E-state index contributed by atoms with van der Waals surface area (Å²) in [6, 6.07) is 0. The van der Waals surface area contributed by atoms with Gasteiger partial charge in [-0.15, -0.1) is 11.8 Å². The lowest BCUT2D eigenvalue weighted by Crippen LogP contribution is -2.39. The summed E-state index contributed by atoms with van der Waals surface area (Å²) < 4.78 is 4.92. The Morgan fingerprint density at radius 1 is 1.62 bits per heavy atom. The van der Waals surface area contributed by atoms with E-state index in [0.717, 1.165) is 5.75 Å². The van der Waals surface area contributed by atoms with Crippen LogP contribution in [0.1, 0.15) is 13.8 Å². The summed E-state index contributed by atoms with van der Waals surface area (Å²) in [5, 5.41) is -0.197. The van der Waals surface area contributed by atoms with E-state index in [1.165, 1.54) is 0 Å². The van der Waals surface area contributed by atoms with Gasteiger partial charge in [0.1, 0.15) is 5.25 Å². The fourth-order valence-electron chi connectivity index (χ4n) is 0.752. The summed E-state index contributed by atoms with van der Waals surface area (Å²) in [7, 11) is 1.58. The smallest absolute Gasteiger partial charge is 0.249 e. The fraction of sp³-hybridized carbons (Fsp3) is 0.875. The third-order valence-corrected chi connectivity index (χ3v) is 3.00. The highest BCUT2D eigenvalue weighted by molar-refractivity contribution is 8.00. The zero-order valence-electron chi connectivity index (χ0n) is 8.37. The zero-order chi connectivity index (χ0) is 10.3. The van der Waals surface area contributed by atoms with Gasteiger partial charge in [0, 0.05) is 7.11 Å². The van der Waals surface area contributed by atoms with E-state index < -0.39 is 0 Å².